The molecule has 4 nitrogen and oxygen atoms in total. The number of anilines is 2. The first-order valence-corrected chi connectivity index (χ1v) is 6.39. The molecule has 2 aromatic heterocycles. The zero-order valence-electron chi connectivity index (χ0n) is 11.4. The summed E-state index contributed by atoms with van der Waals surface area (Å²) < 4.78 is 0. The zero-order chi connectivity index (χ0) is 14.1. The molecule has 0 bridgehead atoms. The SMILES string of the molecule is Cc1cncc(C#N)c1Nc1ccc2[nH]ccc2c1C. The number of aryl methyl sites for hydroxylation is 2. The number of nitrogens with one attached hydrogen (secondary N) is 2. The fraction of sp³-hybridized carbons (Fsp3) is 0.125. The Bertz CT molecular complexity index is 824. The first-order chi connectivity index (χ1) is 9.70. The number of pyridine rings is 1. The topological polar surface area (TPSA) is 64.5 Å². The van der Waals surface area contributed by atoms with Gasteiger partial charge in [-0.2, -0.15) is 5.26 Å². The van der Waals surface area contributed by atoms with Crippen LogP contribution in [0.15, 0.2) is 36.8 Å². The van der Waals surface area contributed by atoms with Gasteiger partial charge in [-0.1, -0.05) is 0 Å². The monoisotopic (exact) mass is 262 g/mol. The number of H-pyrrole nitrogens is 1. The summed E-state index contributed by atoms with van der Waals surface area (Å²) in [5, 5.41) is 13.7. The van der Waals surface area contributed by atoms with Crippen molar-refractivity contribution in [3.05, 3.63) is 53.5 Å². The van der Waals surface area contributed by atoms with Gasteiger partial charge in [0.05, 0.1) is 11.3 Å². The minimum absolute atomic E-state index is 0.554. The van der Waals surface area contributed by atoms with Gasteiger partial charge >= 0.3 is 0 Å². The van der Waals surface area contributed by atoms with Crippen LogP contribution in [0.4, 0.5) is 11.4 Å². The lowest BCUT2D eigenvalue weighted by Gasteiger charge is -2.13. The van der Waals surface area contributed by atoms with Crippen molar-refractivity contribution >= 4 is 22.3 Å². The van der Waals surface area contributed by atoms with Gasteiger partial charge in [0.25, 0.3) is 0 Å². The molecular formula is C16H14N4. The van der Waals surface area contributed by atoms with Gasteiger partial charge in [0.2, 0.25) is 0 Å². The van der Waals surface area contributed by atoms with Crippen molar-refractivity contribution in [3.8, 4) is 6.07 Å². The molecule has 0 saturated carbocycles. The highest BCUT2D eigenvalue weighted by molar-refractivity contribution is 5.89. The number of aromatic nitrogens is 2. The zero-order valence-corrected chi connectivity index (χ0v) is 11.4. The van der Waals surface area contributed by atoms with Crippen molar-refractivity contribution in [2.24, 2.45) is 0 Å². The molecule has 3 aromatic rings. The van der Waals surface area contributed by atoms with Crippen molar-refractivity contribution in [3.63, 3.8) is 0 Å². The van der Waals surface area contributed by atoms with E-state index in [2.05, 4.69) is 34.3 Å². The predicted octanol–water partition coefficient (Wildman–Crippen LogP) is 3.80. The van der Waals surface area contributed by atoms with E-state index in [1.165, 1.54) is 5.39 Å². The molecule has 2 N–H and O–H groups in total. The van der Waals surface area contributed by atoms with Crippen LogP contribution in [0.25, 0.3) is 10.9 Å². The van der Waals surface area contributed by atoms with Crippen molar-refractivity contribution in [2.75, 3.05) is 5.32 Å². The van der Waals surface area contributed by atoms with Crippen LogP contribution in [0.2, 0.25) is 0 Å². The van der Waals surface area contributed by atoms with E-state index in [4.69, 9.17) is 0 Å². The molecule has 0 fully saturated rings. The molecule has 0 saturated heterocycles. The molecule has 1 aromatic carbocycles. The van der Waals surface area contributed by atoms with Crippen molar-refractivity contribution in [1.82, 2.24) is 9.97 Å². The van der Waals surface area contributed by atoms with Gasteiger partial charge in [0, 0.05) is 35.2 Å². The first-order valence-electron chi connectivity index (χ1n) is 6.39. The molecule has 4 heteroatoms. The van der Waals surface area contributed by atoms with Crippen LogP contribution in [0, 0.1) is 25.2 Å². The second kappa shape index (κ2) is 4.71. The molecule has 0 radical (unpaired) electrons. The number of benzene rings is 1. The summed E-state index contributed by atoms with van der Waals surface area (Å²) in [6.07, 6.45) is 5.27. The quantitative estimate of drug-likeness (QED) is 0.738. The Morgan fingerprint density at radius 2 is 2.05 bits per heavy atom. The Morgan fingerprint density at radius 3 is 2.85 bits per heavy atom. The second-order valence-electron chi connectivity index (χ2n) is 4.79. The highest BCUT2D eigenvalue weighted by Gasteiger charge is 2.09. The molecule has 98 valence electrons. The lowest BCUT2D eigenvalue weighted by molar-refractivity contribution is 1.24. The number of hydrogen-bond acceptors (Lipinski definition) is 3. The maximum atomic E-state index is 9.19. The van der Waals surface area contributed by atoms with Gasteiger partial charge in [-0.05, 0) is 43.2 Å². The Hall–Kier alpha value is -2.80. The third-order valence-electron chi connectivity index (χ3n) is 3.52. The Labute approximate surface area is 117 Å². The molecule has 20 heavy (non-hydrogen) atoms. The number of aromatic amines is 1. The van der Waals surface area contributed by atoms with Gasteiger partial charge in [0.15, 0.2) is 0 Å². The minimum Gasteiger partial charge on any atom is -0.361 e. The van der Waals surface area contributed by atoms with Crippen LogP contribution < -0.4 is 5.32 Å². The fourth-order valence-corrected chi connectivity index (χ4v) is 2.37. The number of nitrogens with zero attached hydrogens (tertiary/aromatic N) is 2. The van der Waals surface area contributed by atoms with Crippen LogP contribution in [0.5, 0.6) is 0 Å². The predicted molar refractivity (Wildman–Crippen MR) is 80.0 cm³/mol. The maximum absolute atomic E-state index is 9.19. The second-order valence-corrected chi connectivity index (χ2v) is 4.79. The number of hydrogen-bond donors (Lipinski definition) is 2. The molecule has 3 rings (SSSR count). The maximum Gasteiger partial charge on any atom is 0.103 e. The van der Waals surface area contributed by atoms with E-state index in [1.807, 2.05) is 25.3 Å². The van der Waals surface area contributed by atoms with E-state index in [-0.39, 0.29) is 0 Å². The molecule has 2 heterocycles. The smallest absolute Gasteiger partial charge is 0.103 e. The summed E-state index contributed by atoms with van der Waals surface area (Å²) >= 11 is 0. The molecule has 0 amide bonds. The molecule has 0 unspecified atom stereocenters. The average Bonchev–Trinajstić information content (AvgIpc) is 2.93. The summed E-state index contributed by atoms with van der Waals surface area (Å²) in [4.78, 5) is 7.25. The lowest BCUT2D eigenvalue weighted by atomic mass is 10.1. The van der Waals surface area contributed by atoms with Crippen LogP contribution in [-0.2, 0) is 0 Å². The van der Waals surface area contributed by atoms with Crippen LogP contribution >= 0.6 is 0 Å². The minimum atomic E-state index is 0.554. The van der Waals surface area contributed by atoms with Crippen LogP contribution in [-0.4, -0.2) is 9.97 Å². The standard InChI is InChI=1S/C16H14N4/c1-10-8-18-9-12(7-17)16(10)20-14-3-4-15-13(11(14)2)5-6-19-15/h3-6,8-9,19H,1-2H3,(H,18,20). The number of rotatable bonds is 2. The van der Waals surface area contributed by atoms with Crippen molar-refractivity contribution in [2.45, 2.75) is 13.8 Å². The molecular weight excluding hydrogens is 248 g/mol. The molecule has 0 spiro atoms. The summed E-state index contributed by atoms with van der Waals surface area (Å²) in [5.74, 6) is 0. The average molecular weight is 262 g/mol. The lowest BCUT2D eigenvalue weighted by Crippen LogP contribution is -1.99. The summed E-state index contributed by atoms with van der Waals surface area (Å²) in [5.41, 5.74) is 5.60. The third-order valence-corrected chi connectivity index (χ3v) is 3.52. The molecule has 0 aliphatic rings. The Morgan fingerprint density at radius 1 is 1.20 bits per heavy atom. The largest absolute Gasteiger partial charge is 0.361 e. The van der Waals surface area contributed by atoms with Gasteiger partial charge in [-0.25, -0.2) is 0 Å². The van der Waals surface area contributed by atoms with Gasteiger partial charge < -0.3 is 10.3 Å². The van der Waals surface area contributed by atoms with Gasteiger partial charge in [0.1, 0.15) is 6.07 Å². The molecule has 0 aliphatic heterocycles. The normalized spacial score (nSPS) is 10.4. The number of fused-ring (bicyclic) bond motifs is 1. The van der Waals surface area contributed by atoms with E-state index >= 15 is 0 Å². The van der Waals surface area contributed by atoms with Gasteiger partial charge in [-0.15, -0.1) is 0 Å². The Kier molecular flexibility index (Phi) is 2.88. The first kappa shape index (κ1) is 12.2. The molecule has 0 atom stereocenters. The van der Waals surface area contributed by atoms with Crippen LogP contribution in [0.3, 0.4) is 0 Å². The van der Waals surface area contributed by atoms with Gasteiger partial charge in [-0.3, -0.25) is 4.98 Å². The van der Waals surface area contributed by atoms with Crippen molar-refractivity contribution < 1.29 is 0 Å². The van der Waals surface area contributed by atoms with E-state index < -0.39 is 0 Å². The van der Waals surface area contributed by atoms with Crippen LogP contribution in [0.1, 0.15) is 16.7 Å². The third kappa shape index (κ3) is 1.90. The highest BCUT2D eigenvalue weighted by atomic mass is 14.9. The van der Waals surface area contributed by atoms with E-state index in [0.29, 0.717) is 5.56 Å². The van der Waals surface area contributed by atoms with E-state index in [0.717, 1.165) is 28.0 Å². The highest BCUT2D eigenvalue weighted by Crippen LogP contribution is 2.29. The van der Waals surface area contributed by atoms with E-state index in [9.17, 15) is 5.26 Å². The molecule has 0 aliphatic carbocycles. The Balaban J connectivity index is 2.10. The summed E-state index contributed by atoms with van der Waals surface area (Å²) in [7, 11) is 0. The fourth-order valence-electron chi connectivity index (χ4n) is 2.37. The summed E-state index contributed by atoms with van der Waals surface area (Å²) in [6, 6.07) is 8.29. The van der Waals surface area contributed by atoms with Crippen molar-refractivity contribution in [1.29, 1.82) is 5.26 Å². The summed E-state index contributed by atoms with van der Waals surface area (Å²) in [6.45, 7) is 4.02. The number of nitriles is 1. The van der Waals surface area contributed by atoms with E-state index in [1.54, 1.807) is 12.4 Å².